The number of aromatic nitrogens is 2. The summed E-state index contributed by atoms with van der Waals surface area (Å²) in [5, 5.41) is 3.91. The van der Waals surface area contributed by atoms with Crippen LogP contribution in [-0.2, 0) is 13.1 Å². The number of imidazole rings is 1. The monoisotopic (exact) mass is 440 g/mol. The van der Waals surface area contributed by atoms with Crippen molar-refractivity contribution in [2.75, 3.05) is 14.1 Å². The van der Waals surface area contributed by atoms with Gasteiger partial charge in [0.1, 0.15) is 11.2 Å². The summed E-state index contributed by atoms with van der Waals surface area (Å²) in [6, 6.07) is 9.75. The minimum atomic E-state index is -0.233. The highest BCUT2D eigenvalue weighted by Crippen LogP contribution is 2.27. The fourth-order valence-corrected chi connectivity index (χ4v) is 3.93. The van der Waals surface area contributed by atoms with E-state index in [1.165, 1.54) is 0 Å². The second-order valence-corrected chi connectivity index (χ2v) is 8.05. The molecule has 1 aromatic carbocycles. The molecule has 0 aliphatic heterocycles. The van der Waals surface area contributed by atoms with Gasteiger partial charge in [-0.3, -0.25) is 4.79 Å². The normalized spacial score (nSPS) is 11.6. The molecule has 0 fully saturated rings. The predicted molar refractivity (Wildman–Crippen MR) is 112 cm³/mol. The van der Waals surface area contributed by atoms with E-state index in [9.17, 15) is 4.79 Å². The third kappa shape index (κ3) is 3.55. The van der Waals surface area contributed by atoms with Crippen molar-refractivity contribution in [2.45, 2.75) is 20.0 Å². The van der Waals surface area contributed by atoms with Gasteiger partial charge in [-0.2, -0.15) is 0 Å². The maximum atomic E-state index is 12.9. The van der Waals surface area contributed by atoms with Crippen LogP contribution in [0.1, 0.15) is 27.4 Å². The number of nitrogens with zero attached hydrogens (tertiary/aromatic N) is 3. The molecule has 0 bridgehead atoms. The number of carbonyl (C=O) groups is 1. The van der Waals surface area contributed by atoms with Gasteiger partial charge >= 0.3 is 0 Å². The first kappa shape index (κ1) is 18.7. The lowest BCUT2D eigenvalue weighted by atomic mass is 10.1. The molecule has 6 nitrogen and oxygen atoms in total. The molecule has 1 amide bonds. The van der Waals surface area contributed by atoms with Crippen LogP contribution >= 0.6 is 15.9 Å². The predicted octanol–water partition coefficient (Wildman–Crippen LogP) is 4.14. The van der Waals surface area contributed by atoms with E-state index in [4.69, 9.17) is 4.42 Å². The highest BCUT2D eigenvalue weighted by Gasteiger charge is 2.21. The molecule has 0 spiro atoms. The van der Waals surface area contributed by atoms with E-state index in [2.05, 4.69) is 26.2 Å². The fraction of sp³-hybridized carbons (Fsp3) is 0.238. The number of nitrogens with one attached hydrogen (secondary N) is 1. The van der Waals surface area contributed by atoms with Crippen molar-refractivity contribution in [3.8, 4) is 0 Å². The number of aryl methyl sites for hydroxylation is 1. The summed E-state index contributed by atoms with van der Waals surface area (Å²) in [7, 11) is 3.95. The van der Waals surface area contributed by atoms with Crippen LogP contribution in [0.4, 0.5) is 0 Å². The second kappa shape index (κ2) is 7.41. The Morgan fingerprint density at radius 1 is 1.29 bits per heavy atom. The zero-order valence-electron chi connectivity index (χ0n) is 16.0. The third-order valence-electron chi connectivity index (χ3n) is 4.56. The fourth-order valence-electron chi connectivity index (χ4n) is 3.37. The number of carbonyl (C=O) groups excluding carboxylic acids is 1. The van der Waals surface area contributed by atoms with E-state index in [-0.39, 0.29) is 5.91 Å². The van der Waals surface area contributed by atoms with Crippen molar-refractivity contribution in [3.05, 3.63) is 69.8 Å². The average molecular weight is 441 g/mol. The van der Waals surface area contributed by atoms with Crippen LogP contribution in [0.15, 0.2) is 51.6 Å². The molecule has 0 aliphatic carbocycles. The SMILES string of the molecule is Cc1cc(Br)cn2cc(CNC(=O)c3oc4ccccc4c3CN(C)C)nc12. The van der Waals surface area contributed by atoms with Gasteiger partial charge in [-0.05, 0) is 54.6 Å². The number of halogens is 1. The highest BCUT2D eigenvalue weighted by molar-refractivity contribution is 9.10. The maximum absolute atomic E-state index is 12.9. The molecule has 0 unspecified atom stereocenters. The van der Waals surface area contributed by atoms with Crippen LogP contribution < -0.4 is 5.32 Å². The first-order chi connectivity index (χ1) is 13.4. The van der Waals surface area contributed by atoms with Gasteiger partial charge in [0.05, 0.1) is 12.2 Å². The highest BCUT2D eigenvalue weighted by atomic mass is 79.9. The molecule has 0 saturated carbocycles. The van der Waals surface area contributed by atoms with E-state index in [1.54, 1.807) is 0 Å². The summed E-state index contributed by atoms with van der Waals surface area (Å²) in [5.74, 6) is 0.126. The molecule has 4 aromatic rings. The van der Waals surface area contributed by atoms with E-state index in [0.717, 1.165) is 37.9 Å². The Kier molecular flexibility index (Phi) is 4.95. The lowest BCUT2D eigenvalue weighted by Crippen LogP contribution is -2.24. The minimum absolute atomic E-state index is 0.233. The quantitative estimate of drug-likeness (QED) is 0.506. The number of amides is 1. The molecule has 7 heteroatoms. The zero-order valence-corrected chi connectivity index (χ0v) is 17.6. The molecule has 4 rings (SSSR count). The van der Waals surface area contributed by atoms with Crippen molar-refractivity contribution in [3.63, 3.8) is 0 Å². The topological polar surface area (TPSA) is 62.8 Å². The van der Waals surface area contributed by atoms with Gasteiger partial charge in [-0.1, -0.05) is 18.2 Å². The Hall–Kier alpha value is -2.64. The average Bonchev–Trinajstić information content (AvgIpc) is 3.21. The van der Waals surface area contributed by atoms with E-state index < -0.39 is 0 Å². The molecular weight excluding hydrogens is 420 g/mol. The van der Waals surface area contributed by atoms with Crippen LogP contribution in [0.3, 0.4) is 0 Å². The molecule has 28 heavy (non-hydrogen) atoms. The van der Waals surface area contributed by atoms with Gasteiger partial charge in [-0.15, -0.1) is 0 Å². The number of hydrogen-bond donors (Lipinski definition) is 1. The third-order valence-corrected chi connectivity index (χ3v) is 4.99. The Morgan fingerprint density at radius 3 is 2.86 bits per heavy atom. The van der Waals surface area contributed by atoms with Gasteiger partial charge in [0.25, 0.3) is 5.91 Å². The summed E-state index contributed by atoms with van der Waals surface area (Å²) in [4.78, 5) is 19.5. The molecule has 0 aliphatic rings. The number of para-hydroxylation sites is 1. The standard InChI is InChI=1S/C21H21BrN4O2/c1-13-8-14(22)10-26-11-15(24-20(13)26)9-23-21(27)19-17(12-25(2)3)16-6-4-5-7-18(16)28-19/h4-8,10-11H,9,12H2,1-3H3,(H,23,27). The minimum Gasteiger partial charge on any atom is -0.451 e. The zero-order chi connectivity index (χ0) is 19.8. The second-order valence-electron chi connectivity index (χ2n) is 7.13. The van der Waals surface area contributed by atoms with Crippen molar-refractivity contribution in [1.29, 1.82) is 0 Å². The first-order valence-corrected chi connectivity index (χ1v) is 9.78. The summed E-state index contributed by atoms with van der Waals surface area (Å²) in [6.45, 7) is 2.97. The number of furan rings is 1. The van der Waals surface area contributed by atoms with Crippen molar-refractivity contribution in [1.82, 2.24) is 19.6 Å². The van der Waals surface area contributed by atoms with Crippen molar-refractivity contribution in [2.24, 2.45) is 0 Å². The van der Waals surface area contributed by atoms with Crippen LogP contribution in [0.2, 0.25) is 0 Å². The molecule has 3 heterocycles. The molecule has 0 atom stereocenters. The van der Waals surface area contributed by atoms with Crippen LogP contribution in [0.25, 0.3) is 16.6 Å². The lowest BCUT2D eigenvalue weighted by molar-refractivity contribution is 0.0922. The lowest BCUT2D eigenvalue weighted by Gasteiger charge is -2.10. The molecular formula is C21H21BrN4O2. The number of hydrogen-bond acceptors (Lipinski definition) is 4. The number of benzene rings is 1. The molecule has 0 radical (unpaired) electrons. The van der Waals surface area contributed by atoms with Crippen LogP contribution in [0, 0.1) is 6.92 Å². The Labute approximate surface area is 171 Å². The van der Waals surface area contributed by atoms with Crippen molar-refractivity contribution < 1.29 is 9.21 Å². The summed E-state index contributed by atoms with van der Waals surface area (Å²) in [6.07, 6.45) is 3.88. The van der Waals surface area contributed by atoms with Gasteiger partial charge in [0.15, 0.2) is 5.76 Å². The molecule has 144 valence electrons. The van der Waals surface area contributed by atoms with E-state index >= 15 is 0 Å². The first-order valence-electron chi connectivity index (χ1n) is 8.99. The molecule has 0 saturated heterocycles. The van der Waals surface area contributed by atoms with Gasteiger partial charge < -0.3 is 19.0 Å². The van der Waals surface area contributed by atoms with Crippen LogP contribution in [0.5, 0.6) is 0 Å². The number of pyridine rings is 1. The van der Waals surface area contributed by atoms with Gasteiger partial charge in [0, 0.05) is 34.4 Å². The van der Waals surface area contributed by atoms with Crippen LogP contribution in [-0.4, -0.2) is 34.3 Å². The maximum Gasteiger partial charge on any atom is 0.287 e. The van der Waals surface area contributed by atoms with Gasteiger partial charge in [-0.25, -0.2) is 4.98 Å². The largest absolute Gasteiger partial charge is 0.451 e. The molecule has 3 aromatic heterocycles. The van der Waals surface area contributed by atoms with E-state index in [0.29, 0.717) is 18.8 Å². The van der Waals surface area contributed by atoms with Gasteiger partial charge in [0.2, 0.25) is 0 Å². The Bertz CT molecular complexity index is 1180. The number of rotatable bonds is 5. The Morgan fingerprint density at radius 2 is 2.07 bits per heavy atom. The Balaban J connectivity index is 1.59. The smallest absolute Gasteiger partial charge is 0.287 e. The summed E-state index contributed by atoms with van der Waals surface area (Å²) in [5.41, 5.74) is 4.35. The molecule has 1 N–H and O–H groups in total. The number of fused-ring (bicyclic) bond motifs is 2. The summed E-state index contributed by atoms with van der Waals surface area (Å²) >= 11 is 3.49. The summed E-state index contributed by atoms with van der Waals surface area (Å²) < 4.78 is 8.82. The van der Waals surface area contributed by atoms with E-state index in [1.807, 2.05) is 73.0 Å². The van der Waals surface area contributed by atoms with Crippen molar-refractivity contribution >= 4 is 38.5 Å².